The van der Waals surface area contributed by atoms with Crippen LogP contribution in [0.1, 0.15) is 37.1 Å². The zero-order valence-electron chi connectivity index (χ0n) is 17.5. The minimum absolute atomic E-state index is 0.00368. The number of hydrogen-bond donors (Lipinski definition) is 2. The van der Waals surface area contributed by atoms with Crippen LogP contribution in [-0.4, -0.2) is 47.7 Å². The number of anilines is 2. The first kappa shape index (κ1) is 22.7. The molecule has 1 saturated heterocycles. The first-order chi connectivity index (χ1) is 14.7. The van der Waals surface area contributed by atoms with Gasteiger partial charge < -0.3 is 15.5 Å². The zero-order valence-corrected chi connectivity index (χ0v) is 17.5. The maximum absolute atomic E-state index is 13.1. The number of hydrogen-bond acceptors (Lipinski definition) is 5. The van der Waals surface area contributed by atoms with Crippen molar-refractivity contribution in [2.75, 3.05) is 36.8 Å². The van der Waals surface area contributed by atoms with Crippen LogP contribution in [0.25, 0.3) is 0 Å². The van der Waals surface area contributed by atoms with Crippen LogP contribution in [0.15, 0.2) is 36.5 Å². The maximum Gasteiger partial charge on any atom is 0.433 e. The van der Waals surface area contributed by atoms with E-state index in [0.717, 1.165) is 31.8 Å². The van der Waals surface area contributed by atoms with Crippen molar-refractivity contribution in [2.24, 2.45) is 5.92 Å². The number of alkyl halides is 3. The number of halogens is 3. The van der Waals surface area contributed by atoms with Gasteiger partial charge in [0.2, 0.25) is 5.91 Å². The molecule has 2 heterocycles. The summed E-state index contributed by atoms with van der Waals surface area (Å²) in [6.45, 7) is 6.85. The van der Waals surface area contributed by atoms with Crippen molar-refractivity contribution in [3.05, 3.63) is 53.3 Å². The summed E-state index contributed by atoms with van der Waals surface area (Å²) in [4.78, 5) is 20.3. The number of benzene rings is 1. The van der Waals surface area contributed by atoms with Gasteiger partial charge in [-0.15, -0.1) is 0 Å². The zero-order chi connectivity index (χ0) is 22.8. The number of aromatic nitrogens is 1. The normalized spacial score (nSPS) is 17.0. The summed E-state index contributed by atoms with van der Waals surface area (Å²) in [5.41, 5.74) is 5.95. The standard InChI is InChI=1S/C22H26F3N5O/c1-3-29-10-8-15(13-29)21(31)30(4-2)16-5-6-18(26)17(12-16)20(27)14-7-9-28-19(11-14)22(23,24)25/h5-7,9,11-12,15,27H,3-4,8,10,13,26H2,1-2H3. The average molecular weight is 433 g/mol. The molecular formula is C22H26F3N5O. The van der Waals surface area contributed by atoms with Gasteiger partial charge >= 0.3 is 6.18 Å². The van der Waals surface area contributed by atoms with Crippen molar-refractivity contribution in [1.29, 1.82) is 5.41 Å². The number of nitrogens with zero attached hydrogens (tertiary/aromatic N) is 3. The van der Waals surface area contributed by atoms with E-state index < -0.39 is 11.9 Å². The topological polar surface area (TPSA) is 86.3 Å². The van der Waals surface area contributed by atoms with Gasteiger partial charge in [0.25, 0.3) is 0 Å². The molecule has 0 spiro atoms. The third-order valence-corrected chi connectivity index (χ3v) is 5.61. The second-order valence-corrected chi connectivity index (χ2v) is 7.54. The largest absolute Gasteiger partial charge is 0.433 e. The van der Waals surface area contributed by atoms with Crippen molar-refractivity contribution in [3.8, 4) is 0 Å². The highest BCUT2D eigenvalue weighted by molar-refractivity contribution is 6.14. The van der Waals surface area contributed by atoms with E-state index in [4.69, 9.17) is 11.1 Å². The van der Waals surface area contributed by atoms with E-state index in [1.165, 1.54) is 6.07 Å². The highest BCUT2D eigenvalue weighted by Crippen LogP contribution is 2.30. The summed E-state index contributed by atoms with van der Waals surface area (Å²) >= 11 is 0. The van der Waals surface area contributed by atoms with Crippen LogP contribution >= 0.6 is 0 Å². The Morgan fingerprint density at radius 1 is 1.29 bits per heavy atom. The highest BCUT2D eigenvalue weighted by atomic mass is 19.4. The van der Waals surface area contributed by atoms with Crippen molar-refractivity contribution in [1.82, 2.24) is 9.88 Å². The van der Waals surface area contributed by atoms with E-state index in [9.17, 15) is 18.0 Å². The number of carbonyl (C=O) groups is 1. The lowest BCUT2D eigenvalue weighted by Gasteiger charge is -2.25. The molecule has 1 atom stereocenters. The predicted molar refractivity (Wildman–Crippen MR) is 114 cm³/mol. The molecule has 3 rings (SSSR count). The number of pyridine rings is 1. The molecule has 2 aromatic rings. The quantitative estimate of drug-likeness (QED) is 0.536. The molecule has 9 heteroatoms. The van der Waals surface area contributed by atoms with Gasteiger partial charge in [-0.05, 0) is 56.8 Å². The second kappa shape index (κ2) is 9.05. The maximum atomic E-state index is 13.1. The monoisotopic (exact) mass is 433 g/mol. The Morgan fingerprint density at radius 2 is 2.03 bits per heavy atom. The van der Waals surface area contributed by atoms with Gasteiger partial charge in [-0.3, -0.25) is 15.2 Å². The van der Waals surface area contributed by atoms with Crippen LogP contribution in [0.5, 0.6) is 0 Å². The van der Waals surface area contributed by atoms with Crippen LogP contribution < -0.4 is 10.6 Å². The molecule has 166 valence electrons. The van der Waals surface area contributed by atoms with Gasteiger partial charge in [0.1, 0.15) is 5.69 Å². The van der Waals surface area contributed by atoms with Crippen LogP contribution in [0.2, 0.25) is 0 Å². The first-order valence-electron chi connectivity index (χ1n) is 10.2. The molecule has 1 unspecified atom stereocenters. The van der Waals surface area contributed by atoms with E-state index in [2.05, 4.69) is 16.8 Å². The fourth-order valence-electron chi connectivity index (χ4n) is 3.83. The lowest BCUT2D eigenvalue weighted by atomic mass is 9.99. The second-order valence-electron chi connectivity index (χ2n) is 7.54. The Balaban J connectivity index is 1.90. The van der Waals surface area contributed by atoms with Crippen molar-refractivity contribution < 1.29 is 18.0 Å². The Bertz CT molecular complexity index is 976. The molecule has 0 bridgehead atoms. The molecule has 3 N–H and O–H groups in total. The number of nitrogens with two attached hydrogens (primary N) is 1. The Hall–Kier alpha value is -2.94. The van der Waals surface area contributed by atoms with Gasteiger partial charge in [-0.1, -0.05) is 6.92 Å². The average Bonchev–Trinajstić information content (AvgIpc) is 3.23. The Labute approximate surface area is 179 Å². The molecule has 0 saturated carbocycles. The smallest absolute Gasteiger partial charge is 0.398 e. The lowest BCUT2D eigenvalue weighted by Crippen LogP contribution is -2.37. The van der Waals surface area contributed by atoms with Gasteiger partial charge in [-0.25, -0.2) is 0 Å². The summed E-state index contributed by atoms with van der Waals surface area (Å²) in [5, 5.41) is 8.45. The number of nitrogens with one attached hydrogen (secondary N) is 1. The van der Waals surface area contributed by atoms with Crippen LogP contribution in [0.3, 0.4) is 0 Å². The van der Waals surface area contributed by atoms with E-state index >= 15 is 0 Å². The third-order valence-electron chi connectivity index (χ3n) is 5.61. The highest BCUT2D eigenvalue weighted by Gasteiger charge is 2.33. The molecule has 6 nitrogen and oxygen atoms in total. The molecule has 1 aliphatic rings. The summed E-state index contributed by atoms with van der Waals surface area (Å²) in [6.07, 6.45) is -2.80. The lowest BCUT2D eigenvalue weighted by molar-refractivity contribution is -0.141. The number of carbonyl (C=O) groups excluding carboxylic acids is 1. The van der Waals surface area contributed by atoms with E-state index in [0.29, 0.717) is 18.8 Å². The number of amides is 1. The van der Waals surface area contributed by atoms with Crippen LogP contribution in [-0.2, 0) is 11.0 Å². The number of likely N-dealkylation sites (tertiary alicyclic amines) is 1. The molecule has 31 heavy (non-hydrogen) atoms. The van der Waals surface area contributed by atoms with Gasteiger partial charge in [0.15, 0.2) is 0 Å². The summed E-state index contributed by atoms with van der Waals surface area (Å²) in [5.74, 6) is -0.0983. The number of rotatable bonds is 6. The minimum Gasteiger partial charge on any atom is -0.398 e. The SMILES string of the molecule is CCN1CCC(C(=O)N(CC)c2ccc(N)c(C(=N)c3ccnc(C(F)(F)F)c3)c2)C1. The molecule has 0 radical (unpaired) electrons. The summed E-state index contributed by atoms with van der Waals surface area (Å²) < 4.78 is 39.0. The summed E-state index contributed by atoms with van der Waals surface area (Å²) in [7, 11) is 0. The fraction of sp³-hybridized carbons (Fsp3) is 0.409. The molecular weight excluding hydrogens is 407 g/mol. The first-order valence-corrected chi connectivity index (χ1v) is 10.2. The fourth-order valence-corrected chi connectivity index (χ4v) is 3.83. The predicted octanol–water partition coefficient (Wildman–Crippen LogP) is 3.79. The Kier molecular flexibility index (Phi) is 6.64. The van der Waals surface area contributed by atoms with Gasteiger partial charge in [-0.2, -0.15) is 13.2 Å². The Morgan fingerprint density at radius 3 is 2.65 bits per heavy atom. The molecule has 1 amide bonds. The van der Waals surface area contributed by atoms with E-state index in [-0.39, 0.29) is 34.4 Å². The van der Waals surface area contributed by atoms with Crippen molar-refractivity contribution in [3.63, 3.8) is 0 Å². The number of nitrogen functional groups attached to an aromatic ring is 1. The molecule has 1 aromatic carbocycles. The third kappa shape index (κ3) is 4.87. The molecule has 0 aliphatic carbocycles. The van der Waals surface area contributed by atoms with Crippen LogP contribution in [0, 0.1) is 11.3 Å². The minimum atomic E-state index is -4.61. The van der Waals surface area contributed by atoms with Crippen LogP contribution in [0.4, 0.5) is 24.5 Å². The van der Waals surface area contributed by atoms with Crippen molar-refractivity contribution in [2.45, 2.75) is 26.4 Å². The molecule has 1 fully saturated rings. The van der Waals surface area contributed by atoms with Gasteiger partial charge in [0.05, 0.1) is 11.6 Å². The molecule has 1 aliphatic heterocycles. The van der Waals surface area contributed by atoms with Gasteiger partial charge in [0, 0.05) is 41.8 Å². The van der Waals surface area contributed by atoms with E-state index in [1.54, 1.807) is 23.1 Å². The van der Waals surface area contributed by atoms with E-state index in [1.807, 2.05) is 6.92 Å². The molecule has 1 aromatic heterocycles. The summed E-state index contributed by atoms with van der Waals surface area (Å²) in [6, 6.07) is 7.04. The van der Waals surface area contributed by atoms with Crippen molar-refractivity contribution >= 4 is 23.0 Å².